The molecule has 2 rings (SSSR count). The van der Waals surface area contributed by atoms with Gasteiger partial charge in [-0.3, -0.25) is 4.90 Å². The Kier molecular flexibility index (Phi) is 5.08. The van der Waals surface area contributed by atoms with Gasteiger partial charge >= 0.3 is 0 Å². The van der Waals surface area contributed by atoms with Gasteiger partial charge in [0.2, 0.25) is 0 Å². The molecule has 3 unspecified atom stereocenters. The molecule has 0 aromatic rings. The van der Waals surface area contributed by atoms with Crippen LogP contribution in [0, 0.1) is 11.8 Å². The lowest BCUT2D eigenvalue weighted by Gasteiger charge is -2.46. The van der Waals surface area contributed by atoms with Crippen molar-refractivity contribution in [2.75, 3.05) is 6.54 Å². The molecule has 0 heterocycles. The van der Waals surface area contributed by atoms with E-state index in [0.717, 1.165) is 23.9 Å². The van der Waals surface area contributed by atoms with Gasteiger partial charge in [-0.05, 0) is 50.5 Å². The van der Waals surface area contributed by atoms with Gasteiger partial charge in [-0.15, -0.1) is 0 Å². The molecule has 0 radical (unpaired) electrons. The Labute approximate surface area is 113 Å². The van der Waals surface area contributed by atoms with E-state index in [1.165, 1.54) is 51.5 Å². The average molecular weight is 252 g/mol. The molecule has 18 heavy (non-hydrogen) atoms. The molecule has 2 fully saturated rings. The molecule has 0 spiro atoms. The minimum absolute atomic E-state index is 0.475. The zero-order valence-electron chi connectivity index (χ0n) is 12.6. The van der Waals surface area contributed by atoms with E-state index in [-0.39, 0.29) is 0 Å². The van der Waals surface area contributed by atoms with E-state index in [2.05, 4.69) is 25.7 Å². The summed E-state index contributed by atoms with van der Waals surface area (Å²) in [6, 6.07) is 2.12. The fourth-order valence-corrected chi connectivity index (χ4v) is 4.22. The van der Waals surface area contributed by atoms with Crippen molar-refractivity contribution >= 4 is 0 Å². The van der Waals surface area contributed by atoms with E-state index in [1.54, 1.807) is 0 Å². The maximum absolute atomic E-state index is 6.05. The van der Waals surface area contributed by atoms with Crippen molar-refractivity contribution in [2.45, 2.75) is 83.8 Å². The van der Waals surface area contributed by atoms with Crippen LogP contribution in [0.15, 0.2) is 0 Å². The first-order chi connectivity index (χ1) is 8.63. The fraction of sp³-hybridized carbons (Fsp3) is 1.00. The largest absolute Gasteiger partial charge is 0.328 e. The third-order valence-electron chi connectivity index (χ3n) is 5.67. The number of hydrogen-bond acceptors (Lipinski definition) is 2. The zero-order chi connectivity index (χ0) is 13.1. The third-order valence-corrected chi connectivity index (χ3v) is 5.67. The minimum Gasteiger partial charge on any atom is -0.328 e. The summed E-state index contributed by atoms with van der Waals surface area (Å²) < 4.78 is 0. The molecule has 0 aliphatic heterocycles. The second-order valence-electron chi connectivity index (χ2n) is 6.73. The Balaban J connectivity index is 1.98. The van der Waals surface area contributed by atoms with Crippen LogP contribution in [0.2, 0.25) is 0 Å². The number of nitrogens with zero attached hydrogens (tertiary/aromatic N) is 1. The molecule has 0 amide bonds. The molecule has 2 saturated carbocycles. The van der Waals surface area contributed by atoms with Crippen LogP contribution in [0.25, 0.3) is 0 Å². The molecule has 0 aromatic carbocycles. The van der Waals surface area contributed by atoms with E-state index < -0.39 is 0 Å². The maximum atomic E-state index is 6.05. The van der Waals surface area contributed by atoms with Gasteiger partial charge in [0.25, 0.3) is 0 Å². The van der Waals surface area contributed by atoms with Crippen molar-refractivity contribution in [2.24, 2.45) is 17.6 Å². The van der Waals surface area contributed by atoms with Gasteiger partial charge in [0.1, 0.15) is 0 Å². The van der Waals surface area contributed by atoms with Crippen molar-refractivity contribution in [1.29, 1.82) is 0 Å². The minimum atomic E-state index is 0.475. The molecule has 2 heteroatoms. The van der Waals surface area contributed by atoms with Gasteiger partial charge in [0.05, 0.1) is 0 Å². The van der Waals surface area contributed by atoms with Gasteiger partial charge < -0.3 is 5.73 Å². The van der Waals surface area contributed by atoms with E-state index in [1.807, 2.05) is 0 Å². The van der Waals surface area contributed by atoms with E-state index in [4.69, 9.17) is 5.73 Å². The number of hydrogen-bond donors (Lipinski definition) is 1. The highest BCUT2D eigenvalue weighted by Crippen LogP contribution is 2.35. The summed E-state index contributed by atoms with van der Waals surface area (Å²) in [4.78, 5) is 2.83. The molecule has 0 aromatic heterocycles. The summed E-state index contributed by atoms with van der Waals surface area (Å²) in [6.45, 7) is 8.50. The van der Waals surface area contributed by atoms with Gasteiger partial charge in [0, 0.05) is 18.1 Å². The van der Waals surface area contributed by atoms with Crippen molar-refractivity contribution in [3.8, 4) is 0 Å². The fourth-order valence-electron chi connectivity index (χ4n) is 4.22. The Morgan fingerprint density at radius 3 is 2.28 bits per heavy atom. The first kappa shape index (κ1) is 14.3. The maximum Gasteiger partial charge on any atom is 0.0126 e. The number of rotatable bonds is 3. The summed E-state index contributed by atoms with van der Waals surface area (Å²) in [5.74, 6) is 1.78. The third kappa shape index (κ3) is 3.08. The highest BCUT2D eigenvalue weighted by atomic mass is 15.2. The highest BCUT2D eigenvalue weighted by Gasteiger charge is 2.35. The summed E-state index contributed by atoms with van der Waals surface area (Å²) in [5.41, 5.74) is 6.05. The smallest absolute Gasteiger partial charge is 0.0126 e. The SMILES string of the molecule is CCN(C1CCC(N)CC1)C1CCCC(C)C1C. The quantitative estimate of drug-likeness (QED) is 0.834. The zero-order valence-corrected chi connectivity index (χ0v) is 12.6. The topological polar surface area (TPSA) is 29.3 Å². The van der Waals surface area contributed by atoms with E-state index in [9.17, 15) is 0 Å². The van der Waals surface area contributed by atoms with Crippen LogP contribution in [-0.4, -0.2) is 29.6 Å². The summed E-state index contributed by atoms with van der Waals surface area (Å²) in [6.07, 6.45) is 9.40. The average Bonchev–Trinajstić information content (AvgIpc) is 2.37. The Hall–Kier alpha value is -0.0800. The summed E-state index contributed by atoms with van der Waals surface area (Å²) in [5, 5.41) is 0. The monoisotopic (exact) mass is 252 g/mol. The van der Waals surface area contributed by atoms with Crippen LogP contribution in [0.1, 0.15) is 65.7 Å². The molecule has 0 saturated heterocycles. The first-order valence-corrected chi connectivity index (χ1v) is 8.14. The normalized spacial score (nSPS) is 42.2. The molecule has 2 aliphatic carbocycles. The number of nitrogens with two attached hydrogens (primary N) is 1. The van der Waals surface area contributed by atoms with Crippen molar-refractivity contribution in [1.82, 2.24) is 4.90 Å². The molecule has 3 atom stereocenters. The lowest BCUT2D eigenvalue weighted by atomic mass is 9.76. The van der Waals surface area contributed by atoms with Crippen LogP contribution < -0.4 is 5.73 Å². The van der Waals surface area contributed by atoms with E-state index >= 15 is 0 Å². The predicted octanol–water partition coefficient (Wildman–Crippen LogP) is 3.40. The standard InChI is InChI=1S/C16H32N2/c1-4-18(15-10-8-14(17)9-11-15)16-7-5-6-12(2)13(16)3/h12-16H,4-11,17H2,1-3H3. The Morgan fingerprint density at radius 2 is 1.67 bits per heavy atom. The molecule has 2 aliphatic rings. The molecule has 2 N–H and O–H groups in total. The molecule has 0 bridgehead atoms. The highest BCUT2D eigenvalue weighted by molar-refractivity contribution is 4.89. The lowest BCUT2D eigenvalue weighted by Crippen LogP contribution is -2.50. The predicted molar refractivity (Wildman–Crippen MR) is 78.6 cm³/mol. The van der Waals surface area contributed by atoms with Gasteiger partial charge in [-0.1, -0.05) is 33.6 Å². The molecular weight excluding hydrogens is 220 g/mol. The molecular formula is C16H32N2. The summed E-state index contributed by atoms with van der Waals surface area (Å²) >= 11 is 0. The van der Waals surface area contributed by atoms with Crippen LogP contribution in [0.4, 0.5) is 0 Å². The van der Waals surface area contributed by atoms with Gasteiger partial charge in [0.15, 0.2) is 0 Å². The second kappa shape index (κ2) is 6.38. The van der Waals surface area contributed by atoms with Crippen molar-refractivity contribution in [3.05, 3.63) is 0 Å². The molecule has 2 nitrogen and oxygen atoms in total. The van der Waals surface area contributed by atoms with Crippen LogP contribution in [-0.2, 0) is 0 Å². The Morgan fingerprint density at radius 1 is 1.00 bits per heavy atom. The van der Waals surface area contributed by atoms with Crippen LogP contribution >= 0.6 is 0 Å². The molecule has 106 valence electrons. The van der Waals surface area contributed by atoms with Crippen molar-refractivity contribution < 1.29 is 0 Å². The Bertz CT molecular complexity index is 245. The van der Waals surface area contributed by atoms with Crippen LogP contribution in [0.3, 0.4) is 0 Å². The van der Waals surface area contributed by atoms with Crippen LogP contribution in [0.5, 0.6) is 0 Å². The second-order valence-corrected chi connectivity index (χ2v) is 6.73. The van der Waals surface area contributed by atoms with Gasteiger partial charge in [-0.25, -0.2) is 0 Å². The first-order valence-electron chi connectivity index (χ1n) is 8.14. The lowest BCUT2D eigenvalue weighted by molar-refractivity contribution is 0.0346. The van der Waals surface area contributed by atoms with Gasteiger partial charge in [-0.2, -0.15) is 0 Å². The van der Waals surface area contributed by atoms with E-state index in [0.29, 0.717) is 6.04 Å². The summed E-state index contributed by atoms with van der Waals surface area (Å²) in [7, 11) is 0. The van der Waals surface area contributed by atoms with Crippen molar-refractivity contribution in [3.63, 3.8) is 0 Å².